The van der Waals surface area contributed by atoms with Crippen molar-refractivity contribution in [1.29, 1.82) is 0 Å². The molecule has 1 aliphatic rings. The van der Waals surface area contributed by atoms with Crippen LogP contribution in [0.3, 0.4) is 0 Å². The van der Waals surface area contributed by atoms with E-state index in [9.17, 15) is 4.79 Å². The van der Waals surface area contributed by atoms with Crippen LogP contribution in [-0.4, -0.2) is 19.0 Å². The van der Waals surface area contributed by atoms with E-state index in [0.29, 0.717) is 0 Å². The SMILES string of the molecule is Cc1ccc(N(C)C(=O)C2CCCC(N)C2)cc1.Cl. The molecule has 0 bridgehead atoms. The molecule has 2 rings (SSSR count). The molecule has 1 saturated carbocycles. The smallest absolute Gasteiger partial charge is 0.229 e. The van der Waals surface area contributed by atoms with Crippen molar-refractivity contribution >= 4 is 24.0 Å². The zero-order valence-electron chi connectivity index (χ0n) is 11.6. The number of nitrogens with zero attached hydrogens (tertiary/aromatic N) is 1. The van der Waals surface area contributed by atoms with E-state index in [0.717, 1.165) is 31.4 Å². The van der Waals surface area contributed by atoms with Crippen LogP contribution >= 0.6 is 12.4 Å². The molecule has 0 aliphatic heterocycles. The third kappa shape index (κ3) is 3.95. The first-order valence-electron chi connectivity index (χ1n) is 6.67. The Balaban J connectivity index is 0.00000180. The van der Waals surface area contributed by atoms with Gasteiger partial charge in [0.1, 0.15) is 0 Å². The van der Waals surface area contributed by atoms with E-state index in [1.54, 1.807) is 4.90 Å². The fourth-order valence-corrected chi connectivity index (χ4v) is 2.62. The summed E-state index contributed by atoms with van der Waals surface area (Å²) in [6, 6.07) is 8.25. The van der Waals surface area contributed by atoms with Crippen molar-refractivity contribution < 1.29 is 4.79 Å². The van der Waals surface area contributed by atoms with E-state index in [1.807, 2.05) is 38.2 Å². The Morgan fingerprint density at radius 3 is 2.47 bits per heavy atom. The summed E-state index contributed by atoms with van der Waals surface area (Å²) in [5.74, 6) is 0.300. The first-order chi connectivity index (χ1) is 8.58. The van der Waals surface area contributed by atoms with Crippen LogP contribution in [0.5, 0.6) is 0 Å². The van der Waals surface area contributed by atoms with Crippen molar-refractivity contribution in [2.45, 2.75) is 38.6 Å². The molecule has 0 radical (unpaired) electrons. The predicted octanol–water partition coefficient (Wildman–Crippen LogP) is 2.90. The lowest BCUT2D eigenvalue weighted by Crippen LogP contribution is -2.38. The molecule has 1 aromatic rings. The largest absolute Gasteiger partial charge is 0.328 e. The molecule has 19 heavy (non-hydrogen) atoms. The molecule has 1 amide bonds. The van der Waals surface area contributed by atoms with Gasteiger partial charge in [0.2, 0.25) is 5.91 Å². The number of aryl methyl sites for hydroxylation is 1. The molecule has 106 valence electrons. The van der Waals surface area contributed by atoms with Crippen LogP contribution in [0.15, 0.2) is 24.3 Å². The Bertz CT molecular complexity index is 419. The topological polar surface area (TPSA) is 46.3 Å². The van der Waals surface area contributed by atoms with Crippen LogP contribution in [0.2, 0.25) is 0 Å². The van der Waals surface area contributed by atoms with E-state index in [-0.39, 0.29) is 30.3 Å². The summed E-state index contributed by atoms with van der Waals surface area (Å²) >= 11 is 0. The summed E-state index contributed by atoms with van der Waals surface area (Å²) in [4.78, 5) is 14.2. The van der Waals surface area contributed by atoms with Crippen LogP contribution in [0.1, 0.15) is 31.2 Å². The van der Waals surface area contributed by atoms with Gasteiger partial charge in [0.15, 0.2) is 0 Å². The van der Waals surface area contributed by atoms with Crippen LogP contribution in [0.4, 0.5) is 5.69 Å². The van der Waals surface area contributed by atoms with Gasteiger partial charge >= 0.3 is 0 Å². The van der Waals surface area contributed by atoms with Crippen molar-refractivity contribution in [3.05, 3.63) is 29.8 Å². The number of nitrogens with two attached hydrogens (primary N) is 1. The summed E-state index contributed by atoms with van der Waals surface area (Å²) in [5, 5.41) is 0. The molecule has 1 fully saturated rings. The molecule has 0 spiro atoms. The summed E-state index contributed by atoms with van der Waals surface area (Å²) in [6.07, 6.45) is 3.93. The maximum absolute atomic E-state index is 12.4. The van der Waals surface area contributed by atoms with Gasteiger partial charge in [-0.2, -0.15) is 0 Å². The first-order valence-corrected chi connectivity index (χ1v) is 6.67. The number of hydrogen-bond acceptors (Lipinski definition) is 2. The van der Waals surface area contributed by atoms with Gasteiger partial charge in [0, 0.05) is 24.7 Å². The molecule has 3 nitrogen and oxygen atoms in total. The van der Waals surface area contributed by atoms with Gasteiger partial charge in [-0.3, -0.25) is 4.79 Å². The van der Waals surface area contributed by atoms with E-state index < -0.39 is 0 Å². The Hall–Kier alpha value is -1.06. The van der Waals surface area contributed by atoms with Gasteiger partial charge in [0.05, 0.1) is 0 Å². The average molecular weight is 283 g/mol. The molecule has 2 atom stereocenters. The minimum Gasteiger partial charge on any atom is -0.328 e. The van der Waals surface area contributed by atoms with Gasteiger partial charge in [-0.15, -0.1) is 12.4 Å². The Morgan fingerprint density at radius 1 is 1.26 bits per heavy atom. The van der Waals surface area contributed by atoms with E-state index in [4.69, 9.17) is 5.73 Å². The first kappa shape index (κ1) is 16.0. The van der Waals surface area contributed by atoms with Gasteiger partial charge < -0.3 is 10.6 Å². The Morgan fingerprint density at radius 2 is 1.89 bits per heavy atom. The van der Waals surface area contributed by atoms with Crippen LogP contribution in [-0.2, 0) is 4.79 Å². The van der Waals surface area contributed by atoms with Gasteiger partial charge in [-0.05, 0) is 38.3 Å². The second kappa shape index (κ2) is 6.92. The summed E-state index contributed by atoms with van der Waals surface area (Å²) in [6.45, 7) is 2.05. The van der Waals surface area contributed by atoms with Gasteiger partial charge in [-0.1, -0.05) is 24.1 Å². The van der Waals surface area contributed by atoms with E-state index >= 15 is 0 Å². The standard InChI is InChI=1S/C15H22N2O.ClH/c1-11-6-8-14(9-7-11)17(2)15(18)12-4-3-5-13(16)10-12;/h6-9,12-13H,3-5,10,16H2,1-2H3;1H. The number of benzene rings is 1. The molecular formula is C15H23ClN2O. The molecule has 1 aromatic carbocycles. The lowest BCUT2D eigenvalue weighted by molar-refractivity contribution is -0.123. The molecule has 4 heteroatoms. The lowest BCUT2D eigenvalue weighted by Gasteiger charge is -2.29. The average Bonchev–Trinajstić information content (AvgIpc) is 2.38. The molecule has 0 aromatic heterocycles. The molecular weight excluding hydrogens is 260 g/mol. The quantitative estimate of drug-likeness (QED) is 0.907. The minimum atomic E-state index is 0. The van der Waals surface area contributed by atoms with Crippen molar-refractivity contribution in [1.82, 2.24) is 0 Å². The zero-order chi connectivity index (χ0) is 13.1. The highest BCUT2D eigenvalue weighted by atomic mass is 35.5. The van der Waals surface area contributed by atoms with Crippen LogP contribution < -0.4 is 10.6 Å². The molecule has 1 aliphatic carbocycles. The fraction of sp³-hybridized carbons (Fsp3) is 0.533. The summed E-state index contributed by atoms with van der Waals surface area (Å²) < 4.78 is 0. The van der Waals surface area contributed by atoms with Crippen molar-refractivity contribution in [2.24, 2.45) is 11.7 Å². The number of carbonyl (C=O) groups is 1. The molecule has 0 saturated heterocycles. The fourth-order valence-electron chi connectivity index (χ4n) is 2.62. The summed E-state index contributed by atoms with van der Waals surface area (Å²) in [5.41, 5.74) is 8.12. The maximum atomic E-state index is 12.4. The highest BCUT2D eigenvalue weighted by Crippen LogP contribution is 2.26. The molecule has 0 heterocycles. The predicted molar refractivity (Wildman–Crippen MR) is 81.8 cm³/mol. The van der Waals surface area contributed by atoms with E-state index in [2.05, 4.69) is 0 Å². The van der Waals surface area contributed by atoms with Crippen molar-refractivity contribution in [3.8, 4) is 0 Å². The van der Waals surface area contributed by atoms with Gasteiger partial charge in [-0.25, -0.2) is 0 Å². The van der Waals surface area contributed by atoms with E-state index in [1.165, 1.54) is 5.56 Å². The maximum Gasteiger partial charge on any atom is 0.229 e. The zero-order valence-corrected chi connectivity index (χ0v) is 12.5. The Labute approximate surface area is 121 Å². The highest BCUT2D eigenvalue weighted by molar-refractivity contribution is 5.94. The number of halogens is 1. The normalized spacial score (nSPS) is 22.5. The van der Waals surface area contributed by atoms with Crippen molar-refractivity contribution in [2.75, 3.05) is 11.9 Å². The number of amides is 1. The molecule has 2 N–H and O–H groups in total. The number of hydrogen-bond donors (Lipinski definition) is 1. The number of rotatable bonds is 2. The van der Waals surface area contributed by atoms with Gasteiger partial charge in [0.25, 0.3) is 0 Å². The molecule has 2 unspecified atom stereocenters. The second-order valence-corrected chi connectivity index (χ2v) is 5.36. The lowest BCUT2D eigenvalue weighted by atomic mass is 9.85. The third-order valence-corrected chi connectivity index (χ3v) is 3.82. The Kier molecular flexibility index (Phi) is 5.83. The monoisotopic (exact) mass is 282 g/mol. The summed E-state index contributed by atoms with van der Waals surface area (Å²) in [7, 11) is 1.85. The third-order valence-electron chi connectivity index (χ3n) is 3.82. The minimum absolute atomic E-state index is 0. The van der Waals surface area contributed by atoms with Crippen molar-refractivity contribution in [3.63, 3.8) is 0 Å². The van der Waals surface area contributed by atoms with Crippen LogP contribution in [0, 0.1) is 12.8 Å². The number of carbonyl (C=O) groups excluding carboxylic acids is 1. The highest BCUT2D eigenvalue weighted by Gasteiger charge is 2.27. The second-order valence-electron chi connectivity index (χ2n) is 5.36. The number of anilines is 1. The van der Waals surface area contributed by atoms with Crippen LogP contribution in [0.25, 0.3) is 0 Å².